The third-order valence-corrected chi connectivity index (χ3v) is 3.62. The second-order valence-corrected chi connectivity index (χ2v) is 5.71. The Morgan fingerprint density at radius 3 is 2.44 bits per heavy atom. The number of hydrogen-bond acceptors (Lipinski definition) is 7. The van der Waals surface area contributed by atoms with Crippen LogP contribution in [-0.2, 0) is 16.1 Å². The summed E-state index contributed by atoms with van der Waals surface area (Å²) in [7, 11) is 0. The zero-order valence-corrected chi connectivity index (χ0v) is 15.2. The van der Waals surface area contributed by atoms with Gasteiger partial charge in [0.25, 0.3) is 5.89 Å². The van der Waals surface area contributed by atoms with Crippen molar-refractivity contribution in [1.82, 2.24) is 10.1 Å². The summed E-state index contributed by atoms with van der Waals surface area (Å²) in [5.41, 5.74) is 1.94. The van der Waals surface area contributed by atoms with Gasteiger partial charge in [0.15, 0.2) is 24.7 Å². The number of esters is 1. The molecule has 0 aliphatic carbocycles. The van der Waals surface area contributed by atoms with E-state index in [9.17, 15) is 4.79 Å². The first kappa shape index (κ1) is 18.4. The lowest BCUT2D eigenvalue weighted by atomic mass is 10.1. The molecule has 0 radical (unpaired) electrons. The van der Waals surface area contributed by atoms with E-state index in [1.54, 1.807) is 18.2 Å². The number of carbonyl (C=O) groups is 1. The van der Waals surface area contributed by atoms with Crippen LogP contribution in [0.4, 0.5) is 0 Å². The monoisotopic (exact) mass is 368 g/mol. The van der Waals surface area contributed by atoms with Gasteiger partial charge in [0.1, 0.15) is 0 Å². The van der Waals surface area contributed by atoms with Crippen LogP contribution >= 0.6 is 0 Å². The maximum Gasteiger partial charge on any atom is 0.344 e. The molecule has 0 atom stereocenters. The Morgan fingerprint density at radius 2 is 1.74 bits per heavy atom. The average molecular weight is 368 g/mol. The van der Waals surface area contributed by atoms with E-state index < -0.39 is 5.97 Å². The van der Waals surface area contributed by atoms with E-state index >= 15 is 0 Å². The first-order chi connectivity index (χ1) is 13.2. The van der Waals surface area contributed by atoms with Gasteiger partial charge in [0.05, 0.1) is 6.61 Å². The van der Waals surface area contributed by atoms with Crippen molar-refractivity contribution in [3.8, 4) is 23.0 Å². The molecule has 0 saturated carbocycles. The molecule has 1 aromatic heterocycles. The number of benzene rings is 2. The molecule has 0 bridgehead atoms. The smallest absolute Gasteiger partial charge is 0.344 e. The molecule has 0 N–H and O–H groups in total. The molecule has 3 aromatic rings. The van der Waals surface area contributed by atoms with Crippen molar-refractivity contribution in [1.29, 1.82) is 0 Å². The summed E-state index contributed by atoms with van der Waals surface area (Å²) in [6, 6.07) is 14.8. The summed E-state index contributed by atoms with van der Waals surface area (Å²) in [4.78, 5) is 16.1. The zero-order chi connectivity index (χ0) is 19.1. The summed E-state index contributed by atoms with van der Waals surface area (Å²) >= 11 is 0. The van der Waals surface area contributed by atoms with Crippen LogP contribution in [0.5, 0.6) is 11.5 Å². The minimum atomic E-state index is -0.539. The van der Waals surface area contributed by atoms with Crippen molar-refractivity contribution in [2.45, 2.75) is 20.5 Å². The molecule has 1 heterocycles. The van der Waals surface area contributed by atoms with Gasteiger partial charge in [-0.1, -0.05) is 35.0 Å². The molecule has 27 heavy (non-hydrogen) atoms. The van der Waals surface area contributed by atoms with Gasteiger partial charge in [-0.25, -0.2) is 4.79 Å². The lowest BCUT2D eigenvalue weighted by Crippen LogP contribution is -2.15. The summed E-state index contributed by atoms with van der Waals surface area (Å²) < 4.78 is 21.2. The normalized spacial score (nSPS) is 10.4. The fraction of sp³-hybridized carbons (Fsp3) is 0.250. The number of nitrogens with zero attached hydrogens (tertiary/aromatic N) is 2. The minimum Gasteiger partial charge on any atom is -0.490 e. The predicted molar refractivity (Wildman–Crippen MR) is 97.4 cm³/mol. The Balaban J connectivity index is 1.50. The van der Waals surface area contributed by atoms with E-state index in [0.29, 0.717) is 24.0 Å². The quantitative estimate of drug-likeness (QED) is 0.562. The molecule has 0 fully saturated rings. The first-order valence-corrected chi connectivity index (χ1v) is 8.55. The number of para-hydroxylation sites is 2. The molecule has 0 aliphatic heterocycles. The standard InChI is InChI=1S/C20H20N2O5/c1-3-24-16-6-4-5-7-17(16)25-13-19(23)26-12-18-21-20(27-22-18)15-10-8-14(2)9-11-15/h4-11H,3,12-13H2,1-2H3. The lowest BCUT2D eigenvalue weighted by molar-refractivity contribution is -0.147. The Hall–Kier alpha value is -3.35. The Labute approximate surface area is 156 Å². The molecule has 0 amide bonds. The van der Waals surface area contributed by atoms with Gasteiger partial charge >= 0.3 is 5.97 Å². The van der Waals surface area contributed by atoms with Crippen LogP contribution in [0.15, 0.2) is 53.1 Å². The third-order valence-electron chi connectivity index (χ3n) is 3.62. The molecule has 0 saturated heterocycles. The van der Waals surface area contributed by atoms with E-state index in [4.69, 9.17) is 18.7 Å². The van der Waals surface area contributed by atoms with Crippen LogP contribution in [0.3, 0.4) is 0 Å². The number of hydrogen-bond donors (Lipinski definition) is 0. The second kappa shape index (κ2) is 8.84. The van der Waals surface area contributed by atoms with E-state index in [2.05, 4.69) is 10.1 Å². The summed E-state index contributed by atoms with van der Waals surface area (Å²) in [5.74, 6) is 1.19. The number of rotatable bonds is 8. The van der Waals surface area contributed by atoms with Crippen molar-refractivity contribution in [2.24, 2.45) is 0 Å². The fourth-order valence-corrected chi connectivity index (χ4v) is 2.29. The van der Waals surface area contributed by atoms with E-state index in [1.165, 1.54) is 0 Å². The average Bonchev–Trinajstić information content (AvgIpc) is 3.15. The van der Waals surface area contributed by atoms with Crippen LogP contribution < -0.4 is 9.47 Å². The van der Waals surface area contributed by atoms with Crippen molar-refractivity contribution in [2.75, 3.05) is 13.2 Å². The highest BCUT2D eigenvalue weighted by molar-refractivity contribution is 5.71. The largest absolute Gasteiger partial charge is 0.490 e. The molecule has 3 rings (SSSR count). The van der Waals surface area contributed by atoms with Gasteiger partial charge in [-0.15, -0.1) is 0 Å². The first-order valence-electron chi connectivity index (χ1n) is 8.55. The van der Waals surface area contributed by atoms with Gasteiger partial charge in [-0.2, -0.15) is 4.98 Å². The number of aryl methyl sites for hydroxylation is 1. The van der Waals surface area contributed by atoms with Gasteiger partial charge < -0.3 is 18.7 Å². The lowest BCUT2D eigenvalue weighted by Gasteiger charge is -2.10. The maximum absolute atomic E-state index is 11.9. The summed E-state index contributed by atoms with van der Waals surface area (Å²) in [5, 5.41) is 3.82. The second-order valence-electron chi connectivity index (χ2n) is 5.71. The van der Waals surface area contributed by atoms with Crippen LogP contribution in [-0.4, -0.2) is 29.3 Å². The maximum atomic E-state index is 11.9. The highest BCUT2D eigenvalue weighted by Gasteiger charge is 2.12. The summed E-state index contributed by atoms with van der Waals surface area (Å²) in [6.45, 7) is 4.04. The van der Waals surface area contributed by atoms with Crippen molar-refractivity contribution in [3.05, 3.63) is 59.9 Å². The van der Waals surface area contributed by atoms with E-state index in [0.717, 1.165) is 11.1 Å². The number of aromatic nitrogens is 2. The van der Waals surface area contributed by atoms with E-state index in [-0.39, 0.29) is 19.0 Å². The number of carbonyl (C=O) groups excluding carboxylic acids is 1. The van der Waals surface area contributed by atoms with Crippen molar-refractivity contribution >= 4 is 5.97 Å². The topological polar surface area (TPSA) is 83.7 Å². The van der Waals surface area contributed by atoms with Gasteiger partial charge in [-0.3, -0.25) is 0 Å². The highest BCUT2D eigenvalue weighted by Crippen LogP contribution is 2.26. The molecular weight excluding hydrogens is 348 g/mol. The van der Waals surface area contributed by atoms with Gasteiger partial charge in [0, 0.05) is 5.56 Å². The molecule has 7 nitrogen and oxygen atoms in total. The molecule has 7 heteroatoms. The third kappa shape index (κ3) is 5.07. The van der Waals surface area contributed by atoms with Crippen LogP contribution in [0.1, 0.15) is 18.3 Å². The molecule has 0 unspecified atom stereocenters. The Bertz CT molecular complexity index is 889. The highest BCUT2D eigenvalue weighted by atomic mass is 16.6. The Kier molecular flexibility index (Phi) is 6.04. The van der Waals surface area contributed by atoms with Gasteiger partial charge in [-0.05, 0) is 38.1 Å². The van der Waals surface area contributed by atoms with Gasteiger partial charge in [0.2, 0.25) is 5.82 Å². The molecule has 0 aliphatic rings. The number of ether oxygens (including phenoxy) is 3. The Morgan fingerprint density at radius 1 is 1.04 bits per heavy atom. The van der Waals surface area contributed by atoms with Crippen molar-refractivity contribution < 1.29 is 23.5 Å². The zero-order valence-electron chi connectivity index (χ0n) is 15.2. The molecular formula is C20H20N2O5. The minimum absolute atomic E-state index is 0.0926. The van der Waals surface area contributed by atoms with E-state index in [1.807, 2.05) is 44.2 Å². The van der Waals surface area contributed by atoms with Crippen molar-refractivity contribution in [3.63, 3.8) is 0 Å². The SMILES string of the molecule is CCOc1ccccc1OCC(=O)OCc1noc(-c2ccc(C)cc2)n1. The molecule has 2 aromatic carbocycles. The van der Waals surface area contributed by atoms with Crippen LogP contribution in [0, 0.1) is 6.92 Å². The molecule has 0 spiro atoms. The van der Waals surface area contributed by atoms with Crippen LogP contribution in [0.2, 0.25) is 0 Å². The fourth-order valence-electron chi connectivity index (χ4n) is 2.29. The molecule has 140 valence electrons. The predicted octanol–water partition coefficient (Wildman–Crippen LogP) is 3.57. The van der Waals surface area contributed by atoms with Crippen LogP contribution in [0.25, 0.3) is 11.5 Å². The summed E-state index contributed by atoms with van der Waals surface area (Å²) in [6.07, 6.45) is 0.